The zero-order valence-corrected chi connectivity index (χ0v) is 16.5. The van der Waals surface area contributed by atoms with Crippen LogP contribution in [0.5, 0.6) is 0 Å². The van der Waals surface area contributed by atoms with E-state index < -0.39 is 22.5 Å². The Balaban J connectivity index is 1.73. The predicted octanol–water partition coefficient (Wildman–Crippen LogP) is 4.30. The maximum absolute atomic E-state index is 14.6. The van der Waals surface area contributed by atoms with Gasteiger partial charge in [-0.3, -0.25) is 0 Å². The fourth-order valence-corrected chi connectivity index (χ4v) is 5.93. The number of hydrogen-bond donors (Lipinski definition) is 1. The van der Waals surface area contributed by atoms with E-state index in [9.17, 15) is 13.9 Å². The van der Waals surface area contributed by atoms with Crippen LogP contribution < -0.4 is 0 Å². The first-order chi connectivity index (χ1) is 13.0. The van der Waals surface area contributed by atoms with E-state index in [1.54, 1.807) is 18.3 Å². The molecule has 27 heavy (non-hydrogen) atoms. The van der Waals surface area contributed by atoms with Gasteiger partial charge in [0.15, 0.2) is 0 Å². The molecule has 140 valence electrons. The molecular weight excluding hydrogens is 410 g/mol. The number of halogens is 2. The highest BCUT2D eigenvalue weighted by Crippen LogP contribution is 2.42. The maximum atomic E-state index is 14.6. The van der Waals surface area contributed by atoms with Gasteiger partial charge in [-0.15, -0.1) is 0 Å². The third-order valence-electron chi connectivity index (χ3n) is 4.31. The van der Waals surface area contributed by atoms with Gasteiger partial charge in [-0.2, -0.15) is 20.8 Å². The highest BCUT2D eigenvalue weighted by Gasteiger charge is 2.40. The van der Waals surface area contributed by atoms with Gasteiger partial charge < -0.3 is 5.11 Å². The summed E-state index contributed by atoms with van der Waals surface area (Å²) in [4.78, 5) is 3.88. The smallest absolute Gasteiger partial charge is 0.137 e. The summed E-state index contributed by atoms with van der Waals surface area (Å²) in [6, 6.07) is 3.20. The van der Waals surface area contributed by atoms with E-state index in [-0.39, 0.29) is 12.1 Å². The molecule has 0 amide bonds. The van der Waals surface area contributed by atoms with Crippen molar-refractivity contribution in [3.05, 3.63) is 58.8 Å². The number of thiophene rings is 1. The fourth-order valence-electron chi connectivity index (χ4n) is 2.84. The Labute approximate surface area is 165 Å². The number of fused-ring (bicyclic) bond motifs is 1. The van der Waals surface area contributed by atoms with E-state index in [4.69, 9.17) is 0 Å². The molecular formula is C17H14F2N4OS3. The van der Waals surface area contributed by atoms with Crippen molar-refractivity contribution >= 4 is 44.7 Å². The molecule has 0 saturated heterocycles. The van der Waals surface area contributed by atoms with Gasteiger partial charge in [0.2, 0.25) is 0 Å². The van der Waals surface area contributed by atoms with Gasteiger partial charge in [0.05, 0.1) is 11.2 Å². The van der Waals surface area contributed by atoms with Crippen LogP contribution in [0.15, 0.2) is 46.6 Å². The molecule has 10 heteroatoms. The quantitative estimate of drug-likeness (QED) is 0.468. The van der Waals surface area contributed by atoms with Crippen LogP contribution in [0.4, 0.5) is 8.78 Å². The van der Waals surface area contributed by atoms with Gasteiger partial charge in [0.1, 0.15) is 34.9 Å². The molecule has 0 aliphatic heterocycles. The van der Waals surface area contributed by atoms with Gasteiger partial charge in [0, 0.05) is 33.0 Å². The Kier molecular flexibility index (Phi) is 4.97. The number of nitrogens with zero attached hydrogens (tertiary/aromatic N) is 4. The van der Waals surface area contributed by atoms with Crippen molar-refractivity contribution in [1.29, 1.82) is 0 Å². The second-order valence-electron chi connectivity index (χ2n) is 6.04. The standard InChI is InChI=1S/C17H14F2N4OS3/c1-10(26-16-12-5-25-6-15(12)27-22-16)17(24,7-23-9-20-8-21-23)13-3-2-11(18)4-14(13)19/h2-6,8-10,24H,7H2,1H3/t10-,17-/m1/s1. The molecule has 0 spiro atoms. The summed E-state index contributed by atoms with van der Waals surface area (Å²) in [5.41, 5.74) is -1.64. The minimum Gasteiger partial charge on any atom is -0.382 e. The van der Waals surface area contributed by atoms with Gasteiger partial charge >= 0.3 is 0 Å². The van der Waals surface area contributed by atoms with Crippen LogP contribution in [0.25, 0.3) is 10.1 Å². The van der Waals surface area contributed by atoms with Crippen molar-refractivity contribution in [2.45, 2.75) is 29.3 Å². The number of hydrogen-bond acceptors (Lipinski definition) is 7. The van der Waals surface area contributed by atoms with Crippen LogP contribution in [-0.4, -0.2) is 29.5 Å². The van der Waals surface area contributed by atoms with Gasteiger partial charge in [0.25, 0.3) is 0 Å². The maximum Gasteiger partial charge on any atom is 0.137 e. The largest absolute Gasteiger partial charge is 0.382 e. The topological polar surface area (TPSA) is 63.8 Å². The Morgan fingerprint density at radius 2 is 2.19 bits per heavy atom. The van der Waals surface area contributed by atoms with E-state index in [2.05, 4.69) is 14.5 Å². The zero-order valence-electron chi connectivity index (χ0n) is 14.0. The van der Waals surface area contributed by atoms with Crippen LogP contribution in [0.1, 0.15) is 12.5 Å². The molecule has 1 aromatic carbocycles. The van der Waals surface area contributed by atoms with Crippen molar-refractivity contribution in [2.24, 2.45) is 0 Å². The third kappa shape index (κ3) is 3.49. The lowest BCUT2D eigenvalue weighted by Gasteiger charge is -2.34. The Hall–Kier alpha value is -1.88. The Morgan fingerprint density at radius 3 is 2.93 bits per heavy atom. The predicted molar refractivity (Wildman–Crippen MR) is 103 cm³/mol. The van der Waals surface area contributed by atoms with E-state index in [0.29, 0.717) is 0 Å². The molecule has 5 nitrogen and oxygen atoms in total. The average Bonchev–Trinajstić information content (AvgIpc) is 3.34. The third-order valence-corrected chi connectivity index (χ3v) is 7.41. The number of thioether (sulfide) groups is 1. The minimum absolute atomic E-state index is 0.0104. The van der Waals surface area contributed by atoms with Gasteiger partial charge in [-0.1, -0.05) is 17.8 Å². The molecule has 0 saturated carbocycles. The summed E-state index contributed by atoms with van der Waals surface area (Å²) in [6.07, 6.45) is 2.79. The molecule has 3 aromatic heterocycles. The van der Waals surface area contributed by atoms with E-state index in [0.717, 1.165) is 27.2 Å². The first-order valence-electron chi connectivity index (χ1n) is 7.96. The summed E-state index contributed by atoms with van der Waals surface area (Å²) in [7, 11) is 0. The van der Waals surface area contributed by atoms with Gasteiger partial charge in [-0.25, -0.2) is 18.4 Å². The molecule has 3 heterocycles. The highest BCUT2D eigenvalue weighted by molar-refractivity contribution is 8.00. The summed E-state index contributed by atoms with van der Waals surface area (Å²) in [5.74, 6) is -1.50. The fraction of sp³-hybridized carbons (Fsp3) is 0.235. The lowest BCUT2D eigenvalue weighted by Crippen LogP contribution is -2.41. The summed E-state index contributed by atoms with van der Waals surface area (Å²) in [5, 5.41) is 20.9. The summed E-state index contributed by atoms with van der Waals surface area (Å²) >= 11 is 4.32. The lowest BCUT2D eigenvalue weighted by molar-refractivity contribution is 0.0133. The van der Waals surface area contributed by atoms with Crippen LogP contribution in [-0.2, 0) is 12.1 Å². The molecule has 2 atom stereocenters. The van der Waals surface area contributed by atoms with Crippen molar-refractivity contribution in [2.75, 3.05) is 0 Å². The zero-order chi connectivity index (χ0) is 19.0. The molecule has 0 radical (unpaired) electrons. The van der Waals surface area contributed by atoms with Gasteiger partial charge in [-0.05, 0) is 24.5 Å². The van der Waals surface area contributed by atoms with Crippen molar-refractivity contribution in [3.63, 3.8) is 0 Å². The lowest BCUT2D eigenvalue weighted by atomic mass is 9.90. The van der Waals surface area contributed by atoms with Crippen LogP contribution >= 0.6 is 34.6 Å². The van der Waals surface area contributed by atoms with Crippen molar-refractivity contribution in [3.8, 4) is 0 Å². The number of aliphatic hydroxyl groups is 1. The molecule has 0 bridgehead atoms. The molecule has 1 N–H and O–H groups in total. The highest BCUT2D eigenvalue weighted by atomic mass is 32.2. The number of aromatic nitrogens is 4. The first-order valence-corrected chi connectivity index (χ1v) is 10.6. The number of rotatable bonds is 6. The summed E-state index contributed by atoms with van der Waals surface area (Å²) < 4.78 is 34.9. The molecule has 4 rings (SSSR count). The second-order valence-corrected chi connectivity index (χ2v) is 8.92. The molecule has 0 aliphatic rings. The van der Waals surface area contributed by atoms with E-state index in [1.165, 1.54) is 46.7 Å². The van der Waals surface area contributed by atoms with Crippen molar-refractivity contribution < 1.29 is 13.9 Å². The number of benzene rings is 1. The minimum atomic E-state index is -1.65. The Bertz CT molecular complexity index is 1070. The van der Waals surface area contributed by atoms with E-state index in [1.807, 2.05) is 10.8 Å². The molecule has 0 unspecified atom stereocenters. The average molecular weight is 425 g/mol. The Morgan fingerprint density at radius 1 is 1.33 bits per heavy atom. The van der Waals surface area contributed by atoms with E-state index >= 15 is 0 Å². The molecule has 0 fully saturated rings. The van der Waals surface area contributed by atoms with Crippen LogP contribution in [0.3, 0.4) is 0 Å². The second kappa shape index (κ2) is 7.27. The monoisotopic (exact) mass is 424 g/mol. The first kappa shape index (κ1) is 18.5. The van der Waals surface area contributed by atoms with Crippen molar-refractivity contribution in [1.82, 2.24) is 19.1 Å². The van der Waals surface area contributed by atoms with Crippen LogP contribution in [0, 0.1) is 11.6 Å². The van der Waals surface area contributed by atoms with Crippen LogP contribution in [0.2, 0.25) is 0 Å². The SMILES string of the molecule is C[C@@H](Sc1nsc2cscc12)[C@](O)(Cn1cncn1)c1ccc(F)cc1F. The normalized spacial score (nSPS) is 15.1. The molecule has 4 aromatic rings. The summed E-state index contributed by atoms with van der Waals surface area (Å²) in [6.45, 7) is 1.77. The molecule has 0 aliphatic carbocycles.